The van der Waals surface area contributed by atoms with Crippen LogP contribution < -0.4 is 0 Å². The Labute approximate surface area is 174 Å². The quantitative estimate of drug-likeness (QED) is 0.236. The number of carbonyl (C=O) groups is 4. The zero-order valence-electron chi connectivity index (χ0n) is 17.3. The number of aldehydes is 1. The molecule has 4 atom stereocenters. The van der Waals surface area contributed by atoms with Gasteiger partial charge < -0.3 is 19.3 Å². The molecule has 8 heteroatoms. The SMILES string of the molecule is C=C1C(=O)O[C@@H]2/C=C(/C)[C@@H](OC(C)=O)C/C=C(/C=O)C[C@@H](OC(=O)/C(C)=C/CO)[C@@H]12. The minimum Gasteiger partial charge on any atom is -0.458 e. The molecule has 8 nitrogen and oxygen atoms in total. The number of aliphatic hydroxyl groups excluding tert-OH is 1. The van der Waals surface area contributed by atoms with Crippen molar-refractivity contribution in [1.29, 1.82) is 0 Å². The molecule has 30 heavy (non-hydrogen) atoms. The molecule has 1 fully saturated rings. The third-order valence-corrected chi connectivity index (χ3v) is 5.07. The molecule has 0 spiro atoms. The van der Waals surface area contributed by atoms with Crippen LogP contribution in [0.5, 0.6) is 0 Å². The van der Waals surface area contributed by atoms with Gasteiger partial charge >= 0.3 is 17.9 Å². The maximum absolute atomic E-state index is 12.4. The average Bonchev–Trinajstić information content (AvgIpc) is 2.95. The second kappa shape index (κ2) is 10.2. The Balaban J connectivity index is 2.47. The molecule has 2 rings (SSSR count). The van der Waals surface area contributed by atoms with Crippen LogP contribution >= 0.6 is 0 Å². The molecular formula is C22H26O8. The van der Waals surface area contributed by atoms with Gasteiger partial charge in [0, 0.05) is 30.9 Å². The van der Waals surface area contributed by atoms with Gasteiger partial charge in [0.05, 0.1) is 12.5 Å². The van der Waals surface area contributed by atoms with Crippen LogP contribution in [-0.2, 0) is 33.4 Å². The Morgan fingerprint density at radius 3 is 2.63 bits per heavy atom. The summed E-state index contributed by atoms with van der Waals surface area (Å²) < 4.78 is 16.3. The third-order valence-electron chi connectivity index (χ3n) is 5.07. The maximum Gasteiger partial charge on any atom is 0.334 e. The Hall–Kier alpha value is -3.00. The molecule has 0 unspecified atom stereocenters. The molecule has 1 aliphatic heterocycles. The van der Waals surface area contributed by atoms with E-state index in [0.29, 0.717) is 17.4 Å². The van der Waals surface area contributed by atoms with E-state index in [2.05, 4.69) is 6.58 Å². The first-order valence-corrected chi connectivity index (χ1v) is 9.56. The Bertz CT molecular complexity index is 832. The van der Waals surface area contributed by atoms with E-state index in [9.17, 15) is 19.2 Å². The van der Waals surface area contributed by atoms with Crippen molar-refractivity contribution in [2.24, 2.45) is 5.92 Å². The number of rotatable bonds is 5. The van der Waals surface area contributed by atoms with Gasteiger partial charge in [0.1, 0.15) is 24.6 Å². The summed E-state index contributed by atoms with van der Waals surface area (Å²) in [6.07, 6.45) is 3.17. The van der Waals surface area contributed by atoms with E-state index in [4.69, 9.17) is 19.3 Å². The Kier molecular flexibility index (Phi) is 7.88. The van der Waals surface area contributed by atoms with Gasteiger partial charge in [-0.2, -0.15) is 0 Å². The van der Waals surface area contributed by atoms with Crippen molar-refractivity contribution < 1.29 is 38.5 Å². The molecule has 1 saturated heterocycles. The first-order valence-electron chi connectivity index (χ1n) is 9.56. The van der Waals surface area contributed by atoms with Crippen LogP contribution in [-0.4, -0.2) is 54.2 Å². The normalized spacial score (nSPS) is 30.7. The highest BCUT2D eigenvalue weighted by Gasteiger charge is 2.45. The van der Waals surface area contributed by atoms with Crippen LogP contribution in [0.4, 0.5) is 0 Å². The van der Waals surface area contributed by atoms with E-state index >= 15 is 0 Å². The molecule has 0 amide bonds. The highest BCUT2D eigenvalue weighted by molar-refractivity contribution is 5.92. The van der Waals surface area contributed by atoms with Crippen LogP contribution in [0.3, 0.4) is 0 Å². The van der Waals surface area contributed by atoms with E-state index < -0.39 is 42.1 Å². The lowest BCUT2D eigenvalue weighted by Crippen LogP contribution is -2.34. The molecule has 1 aliphatic carbocycles. The number of esters is 3. The summed E-state index contributed by atoms with van der Waals surface area (Å²) in [5.74, 6) is -2.51. The van der Waals surface area contributed by atoms with Crippen molar-refractivity contribution in [3.63, 3.8) is 0 Å². The molecule has 1 N–H and O–H groups in total. The number of fused-ring (bicyclic) bond motifs is 1. The number of hydrogen-bond acceptors (Lipinski definition) is 8. The molecule has 0 aromatic carbocycles. The zero-order chi connectivity index (χ0) is 22.4. The second-order valence-electron chi connectivity index (χ2n) is 7.28. The first kappa shape index (κ1) is 23.3. The summed E-state index contributed by atoms with van der Waals surface area (Å²) in [6.45, 7) is 7.96. The van der Waals surface area contributed by atoms with Gasteiger partial charge in [-0.15, -0.1) is 0 Å². The third kappa shape index (κ3) is 5.54. The summed E-state index contributed by atoms with van der Waals surface area (Å²) >= 11 is 0. The fourth-order valence-corrected chi connectivity index (χ4v) is 3.44. The number of hydrogen-bond donors (Lipinski definition) is 1. The Morgan fingerprint density at radius 2 is 2.03 bits per heavy atom. The van der Waals surface area contributed by atoms with Gasteiger partial charge in [-0.1, -0.05) is 12.7 Å². The van der Waals surface area contributed by atoms with Crippen molar-refractivity contribution >= 4 is 24.2 Å². The standard InChI is InChI=1S/C22H26O8/c1-12(7-8-23)21(26)29-19-10-16(11-24)5-6-17(28-15(4)25)13(2)9-18-20(19)14(3)22(27)30-18/h5,7,9,11,17-20,23H,3,6,8,10H2,1-2,4H3/b12-7+,13-9-,16-5+/t17-,18+,19+,20-/m0/s1. The highest BCUT2D eigenvalue weighted by atomic mass is 16.6. The molecule has 0 bridgehead atoms. The highest BCUT2D eigenvalue weighted by Crippen LogP contribution is 2.36. The summed E-state index contributed by atoms with van der Waals surface area (Å²) in [4.78, 5) is 47.7. The van der Waals surface area contributed by atoms with E-state index in [1.807, 2.05) is 0 Å². The van der Waals surface area contributed by atoms with Crippen LogP contribution in [0.1, 0.15) is 33.6 Å². The largest absolute Gasteiger partial charge is 0.458 e. The molecule has 0 aromatic rings. The summed E-state index contributed by atoms with van der Waals surface area (Å²) in [6, 6.07) is 0. The molecular weight excluding hydrogens is 392 g/mol. The van der Waals surface area contributed by atoms with Crippen molar-refractivity contribution in [3.05, 3.63) is 47.1 Å². The fourth-order valence-electron chi connectivity index (χ4n) is 3.44. The zero-order valence-corrected chi connectivity index (χ0v) is 17.3. The minimum atomic E-state index is -0.894. The van der Waals surface area contributed by atoms with E-state index in [1.165, 1.54) is 19.9 Å². The number of ether oxygens (including phenoxy) is 3. The topological polar surface area (TPSA) is 116 Å². The van der Waals surface area contributed by atoms with Gasteiger partial charge in [0.25, 0.3) is 0 Å². The van der Waals surface area contributed by atoms with E-state index in [0.717, 1.165) is 0 Å². The van der Waals surface area contributed by atoms with Crippen molar-refractivity contribution in [2.45, 2.75) is 51.9 Å². The lowest BCUT2D eigenvalue weighted by molar-refractivity contribution is -0.148. The minimum absolute atomic E-state index is 0.0259. The molecule has 1 heterocycles. The predicted molar refractivity (Wildman–Crippen MR) is 106 cm³/mol. The summed E-state index contributed by atoms with van der Waals surface area (Å²) in [5.41, 5.74) is 1.28. The Morgan fingerprint density at radius 1 is 1.33 bits per heavy atom. The van der Waals surface area contributed by atoms with Crippen molar-refractivity contribution in [3.8, 4) is 0 Å². The second-order valence-corrected chi connectivity index (χ2v) is 7.28. The smallest absolute Gasteiger partial charge is 0.334 e. The fraction of sp³-hybridized carbons (Fsp3) is 0.455. The molecule has 2 aliphatic rings. The first-order chi connectivity index (χ1) is 14.2. The van der Waals surface area contributed by atoms with Crippen LogP contribution in [0.15, 0.2) is 47.1 Å². The van der Waals surface area contributed by atoms with Crippen LogP contribution in [0, 0.1) is 5.92 Å². The van der Waals surface area contributed by atoms with Gasteiger partial charge in [-0.3, -0.25) is 9.59 Å². The van der Waals surface area contributed by atoms with Gasteiger partial charge in [0.15, 0.2) is 0 Å². The average molecular weight is 418 g/mol. The van der Waals surface area contributed by atoms with Crippen molar-refractivity contribution in [2.75, 3.05) is 6.61 Å². The monoisotopic (exact) mass is 418 g/mol. The van der Waals surface area contributed by atoms with Crippen LogP contribution in [0.2, 0.25) is 0 Å². The number of carbonyl (C=O) groups excluding carboxylic acids is 4. The van der Waals surface area contributed by atoms with Gasteiger partial charge in [-0.05, 0) is 37.1 Å². The lowest BCUT2D eigenvalue weighted by atomic mass is 9.85. The predicted octanol–water partition coefficient (Wildman–Crippen LogP) is 1.73. The van der Waals surface area contributed by atoms with Gasteiger partial charge in [-0.25, -0.2) is 9.59 Å². The molecule has 0 radical (unpaired) electrons. The van der Waals surface area contributed by atoms with Crippen molar-refractivity contribution in [1.82, 2.24) is 0 Å². The summed E-state index contributed by atoms with van der Waals surface area (Å²) in [5, 5.41) is 9.00. The van der Waals surface area contributed by atoms with E-state index in [1.54, 1.807) is 19.1 Å². The summed E-state index contributed by atoms with van der Waals surface area (Å²) in [7, 11) is 0. The lowest BCUT2D eigenvalue weighted by Gasteiger charge is -2.28. The van der Waals surface area contributed by atoms with Crippen LogP contribution in [0.25, 0.3) is 0 Å². The molecule has 0 aromatic heterocycles. The van der Waals surface area contributed by atoms with Gasteiger partial charge in [0.2, 0.25) is 0 Å². The maximum atomic E-state index is 12.4. The molecule has 162 valence electrons. The molecule has 0 saturated carbocycles. The number of aliphatic hydroxyl groups is 1. The van der Waals surface area contributed by atoms with E-state index in [-0.39, 0.29) is 30.6 Å².